The summed E-state index contributed by atoms with van der Waals surface area (Å²) in [6.45, 7) is 3.49. The Morgan fingerprint density at radius 3 is 2.58 bits per heavy atom. The summed E-state index contributed by atoms with van der Waals surface area (Å²) in [5.74, 6) is 0.223. The lowest BCUT2D eigenvalue weighted by molar-refractivity contribution is -0.118. The molecule has 3 N–H and O–H groups in total. The molecule has 2 aromatic rings. The Morgan fingerprint density at radius 2 is 1.94 bits per heavy atom. The van der Waals surface area contributed by atoms with Crippen LogP contribution in [-0.4, -0.2) is 33.9 Å². The second-order valence-electron chi connectivity index (χ2n) is 7.50. The van der Waals surface area contributed by atoms with Crippen LogP contribution in [-0.2, 0) is 4.79 Å². The zero-order valence-corrected chi connectivity index (χ0v) is 19.1. The van der Waals surface area contributed by atoms with Gasteiger partial charge in [0.15, 0.2) is 17.2 Å². The third-order valence-corrected chi connectivity index (χ3v) is 5.59. The minimum atomic E-state index is -0.573. The number of halogens is 1. The smallest absolute Gasteiger partial charge is 0.274 e. The van der Waals surface area contributed by atoms with Crippen LogP contribution in [0.3, 0.4) is 0 Å². The molecule has 1 saturated carbocycles. The second kappa shape index (κ2) is 9.42. The largest absolute Gasteiger partial charge is 0.510 e. The topological polar surface area (TPSA) is 94.4 Å². The van der Waals surface area contributed by atoms with E-state index in [1.165, 1.54) is 11.2 Å². The van der Waals surface area contributed by atoms with Gasteiger partial charge >= 0.3 is 0 Å². The molecule has 2 aliphatic rings. The molecule has 33 heavy (non-hydrogen) atoms. The van der Waals surface area contributed by atoms with Gasteiger partial charge in [-0.05, 0) is 56.5 Å². The maximum Gasteiger partial charge on any atom is 0.274 e. The molecule has 1 amide bonds. The van der Waals surface area contributed by atoms with E-state index in [0.29, 0.717) is 33.3 Å². The van der Waals surface area contributed by atoms with E-state index >= 15 is 0 Å². The van der Waals surface area contributed by atoms with E-state index in [9.17, 15) is 15.0 Å². The van der Waals surface area contributed by atoms with Crippen LogP contribution in [0, 0.1) is 0 Å². The van der Waals surface area contributed by atoms with Crippen LogP contribution >= 0.6 is 11.6 Å². The molecule has 1 aliphatic carbocycles. The molecule has 7 nitrogen and oxygen atoms in total. The van der Waals surface area contributed by atoms with Crippen LogP contribution in [0.5, 0.6) is 11.5 Å². The van der Waals surface area contributed by atoms with Gasteiger partial charge in [0.25, 0.3) is 5.91 Å². The molecule has 1 aliphatic heterocycles. The number of carbonyl (C=O) groups excluding carboxylic acids is 1. The van der Waals surface area contributed by atoms with E-state index in [-0.39, 0.29) is 23.8 Å². The summed E-state index contributed by atoms with van der Waals surface area (Å²) in [5.41, 5.74) is 2.28. The number of benzene rings is 2. The highest BCUT2D eigenvalue weighted by Gasteiger charge is 2.36. The van der Waals surface area contributed by atoms with Gasteiger partial charge in [-0.3, -0.25) is 4.79 Å². The van der Waals surface area contributed by atoms with E-state index in [2.05, 4.69) is 10.4 Å². The van der Waals surface area contributed by atoms with Gasteiger partial charge in [-0.2, -0.15) is 5.10 Å². The Kier molecular flexibility index (Phi) is 6.42. The highest BCUT2D eigenvalue weighted by molar-refractivity contribution is 6.32. The number of hydrazone groups is 1. The number of nitrogens with one attached hydrogen (secondary N) is 1. The van der Waals surface area contributed by atoms with Crippen molar-refractivity contribution in [2.45, 2.75) is 26.7 Å². The Bertz CT molecular complexity index is 1210. The van der Waals surface area contributed by atoms with Gasteiger partial charge < -0.3 is 20.3 Å². The Morgan fingerprint density at radius 1 is 1.21 bits per heavy atom. The van der Waals surface area contributed by atoms with Crippen LogP contribution in [0.15, 0.2) is 70.7 Å². The summed E-state index contributed by atoms with van der Waals surface area (Å²) in [6.07, 6.45) is 4.95. The standard InChI is InChI=1S/C25H24ClN3O4/c1-3-19-21-17(12-13-18(26)24(21)33-16-8-6-5-7-9-16)23(31)22(29(19)28-4-2)25(32)27-14-20(30)15-10-11-15/h3-9,12-13,30-31H,10-11,14H2,1-2H3,(H,27,32)/b19-3+,28-4-. The fourth-order valence-electron chi connectivity index (χ4n) is 3.60. The molecule has 4 rings (SSSR count). The zero-order valence-electron chi connectivity index (χ0n) is 18.3. The lowest BCUT2D eigenvalue weighted by atomic mass is 9.95. The molecule has 0 aromatic heterocycles. The number of amides is 1. The number of allylic oxidation sites excluding steroid dienone is 2. The molecule has 0 radical (unpaired) electrons. The number of nitrogens with zero attached hydrogens (tertiary/aromatic N) is 2. The van der Waals surface area contributed by atoms with Gasteiger partial charge in [0.05, 0.1) is 22.8 Å². The average Bonchev–Trinajstić information content (AvgIpc) is 3.66. The van der Waals surface area contributed by atoms with Crippen molar-refractivity contribution in [1.29, 1.82) is 0 Å². The molecule has 0 bridgehead atoms. The molecule has 0 saturated heterocycles. The summed E-state index contributed by atoms with van der Waals surface area (Å²) in [4.78, 5) is 13.1. The molecule has 0 spiro atoms. The van der Waals surface area contributed by atoms with Crippen molar-refractivity contribution in [2.75, 3.05) is 6.54 Å². The summed E-state index contributed by atoms with van der Waals surface area (Å²) < 4.78 is 6.10. The van der Waals surface area contributed by atoms with E-state index < -0.39 is 5.91 Å². The minimum absolute atomic E-state index is 0.0182. The fraction of sp³-hybridized carbons (Fsp3) is 0.200. The predicted octanol–water partition coefficient (Wildman–Crippen LogP) is 5.76. The van der Waals surface area contributed by atoms with Gasteiger partial charge in [0.1, 0.15) is 11.5 Å². The van der Waals surface area contributed by atoms with Crippen LogP contribution in [0.2, 0.25) is 5.02 Å². The number of hydrogen-bond donors (Lipinski definition) is 3. The number of carbonyl (C=O) groups is 1. The first-order chi connectivity index (χ1) is 16.0. The monoisotopic (exact) mass is 465 g/mol. The Balaban J connectivity index is 1.82. The van der Waals surface area contributed by atoms with Gasteiger partial charge in [-0.15, -0.1) is 0 Å². The highest BCUT2D eigenvalue weighted by atomic mass is 35.5. The van der Waals surface area contributed by atoms with Gasteiger partial charge in [-0.25, -0.2) is 5.01 Å². The molecular formula is C25H24ClN3O4. The number of fused-ring (bicyclic) bond motifs is 1. The molecule has 8 heteroatoms. The molecule has 0 atom stereocenters. The summed E-state index contributed by atoms with van der Waals surface area (Å²) in [7, 11) is 0. The predicted molar refractivity (Wildman–Crippen MR) is 129 cm³/mol. The zero-order chi connectivity index (χ0) is 23.5. The molecular weight excluding hydrogens is 442 g/mol. The van der Waals surface area contributed by atoms with Gasteiger partial charge in [0.2, 0.25) is 0 Å². The van der Waals surface area contributed by atoms with Crippen molar-refractivity contribution in [3.8, 4) is 11.5 Å². The van der Waals surface area contributed by atoms with E-state index in [1.54, 1.807) is 44.2 Å². The lowest BCUT2D eigenvalue weighted by Gasteiger charge is -2.32. The SMILES string of the molecule is C/C=N\N1C(C(=O)NCC(O)=C2CC2)=C(O)c2ccc(Cl)c(Oc3ccccc3)c2/C1=C\C. The number of aliphatic hydroxyl groups excluding tert-OH is 2. The Hall–Kier alpha value is -3.71. The molecule has 0 unspecified atom stereocenters. The molecule has 1 heterocycles. The first-order valence-electron chi connectivity index (χ1n) is 10.6. The minimum Gasteiger partial charge on any atom is -0.510 e. The van der Waals surface area contributed by atoms with E-state index in [4.69, 9.17) is 16.3 Å². The van der Waals surface area contributed by atoms with Crippen molar-refractivity contribution in [3.05, 3.63) is 81.7 Å². The van der Waals surface area contributed by atoms with Crippen LogP contribution in [0.1, 0.15) is 37.8 Å². The lowest BCUT2D eigenvalue weighted by Crippen LogP contribution is -2.36. The summed E-state index contributed by atoms with van der Waals surface area (Å²) in [5, 5.41) is 29.9. The highest BCUT2D eigenvalue weighted by Crippen LogP contribution is 2.46. The third kappa shape index (κ3) is 4.45. The van der Waals surface area contributed by atoms with Crippen LogP contribution in [0.4, 0.5) is 0 Å². The first kappa shape index (κ1) is 22.5. The van der Waals surface area contributed by atoms with Crippen LogP contribution in [0.25, 0.3) is 11.5 Å². The Labute approximate surface area is 196 Å². The van der Waals surface area contributed by atoms with E-state index in [0.717, 1.165) is 18.4 Å². The first-order valence-corrected chi connectivity index (χ1v) is 11.0. The third-order valence-electron chi connectivity index (χ3n) is 5.29. The molecule has 2 aromatic carbocycles. The maximum atomic E-state index is 13.1. The number of ether oxygens (including phenoxy) is 1. The second-order valence-corrected chi connectivity index (χ2v) is 7.91. The van der Waals surface area contributed by atoms with Crippen molar-refractivity contribution in [3.63, 3.8) is 0 Å². The van der Waals surface area contributed by atoms with Crippen molar-refractivity contribution in [1.82, 2.24) is 10.3 Å². The van der Waals surface area contributed by atoms with Crippen molar-refractivity contribution >= 4 is 35.2 Å². The van der Waals surface area contributed by atoms with Crippen molar-refractivity contribution < 1.29 is 19.7 Å². The number of hydrogen-bond acceptors (Lipinski definition) is 6. The maximum absolute atomic E-state index is 13.1. The van der Waals surface area contributed by atoms with Gasteiger partial charge in [0, 0.05) is 11.8 Å². The van der Waals surface area contributed by atoms with Crippen LogP contribution < -0.4 is 10.1 Å². The normalized spacial score (nSPS) is 16.3. The van der Waals surface area contributed by atoms with Gasteiger partial charge in [-0.1, -0.05) is 35.9 Å². The number of aliphatic hydroxyl groups is 2. The molecule has 1 fully saturated rings. The number of rotatable bonds is 6. The quantitative estimate of drug-likeness (QED) is 0.372. The average molecular weight is 466 g/mol. The molecule has 170 valence electrons. The summed E-state index contributed by atoms with van der Waals surface area (Å²) in [6, 6.07) is 12.4. The van der Waals surface area contributed by atoms with Crippen molar-refractivity contribution in [2.24, 2.45) is 5.10 Å². The number of para-hydroxylation sites is 1. The summed E-state index contributed by atoms with van der Waals surface area (Å²) >= 11 is 6.51. The fourth-order valence-corrected chi connectivity index (χ4v) is 3.79. The van der Waals surface area contributed by atoms with E-state index in [1.807, 2.05) is 18.2 Å².